The summed E-state index contributed by atoms with van der Waals surface area (Å²) in [4.78, 5) is 12.8. The molecule has 6 nitrogen and oxygen atoms in total. The van der Waals surface area contributed by atoms with Crippen LogP contribution < -0.4 is 10.1 Å². The van der Waals surface area contributed by atoms with Crippen molar-refractivity contribution in [1.82, 2.24) is 15.0 Å². The quantitative estimate of drug-likeness (QED) is 0.856. The maximum atomic E-state index is 12.1. The first kappa shape index (κ1) is 15.3. The molecule has 2 aromatic rings. The molecule has 0 radical (unpaired) electrons. The second-order valence-corrected chi connectivity index (χ2v) is 5.20. The average molecular weight is 326 g/mol. The van der Waals surface area contributed by atoms with E-state index >= 15 is 0 Å². The number of Topliss-reactive ketones (excluding diaryl/α,β-unsaturated/α-hetero) is 1. The number of carbonyl (C=O) groups excluding carboxylic acids is 1. The van der Waals surface area contributed by atoms with E-state index in [1.165, 1.54) is 23.9 Å². The van der Waals surface area contributed by atoms with Gasteiger partial charge in [0.15, 0.2) is 17.3 Å². The first-order valence-corrected chi connectivity index (χ1v) is 6.93. The molecule has 1 fully saturated rings. The molecule has 0 spiro atoms. The van der Waals surface area contributed by atoms with Gasteiger partial charge in [0.05, 0.1) is 5.69 Å². The van der Waals surface area contributed by atoms with Crippen LogP contribution in [0.4, 0.5) is 19.0 Å². The van der Waals surface area contributed by atoms with Gasteiger partial charge in [-0.1, -0.05) is 0 Å². The largest absolute Gasteiger partial charge is 0.573 e. The van der Waals surface area contributed by atoms with Crippen LogP contribution in [0, 0.1) is 0 Å². The summed E-state index contributed by atoms with van der Waals surface area (Å²) in [7, 11) is 0. The molecule has 0 aliphatic heterocycles. The molecule has 1 saturated carbocycles. The minimum Gasteiger partial charge on any atom is -0.406 e. The Balaban J connectivity index is 1.84. The minimum absolute atomic E-state index is 0.201. The van der Waals surface area contributed by atoms with Gasteiger partial charge in [-0.15, -0.1) is 28.2 Å². The Labute approximate surface area is 129 Å². The first-order valence-electron chi connectivity index (χ1n) is 6.93. The summed E-state index contributed by atoms with van der Waals surface area (Å²) in [5, 5.41) is 11.4. The third-order valence-corrected chi connectivity index (χ3v) is 3.17. The molecule has 1 aliphatic rings. The van der Waals surface area contributed by atoms with Gasteiger partial charge in [-0.3, -0.25) is 4.79 Å². The highest BCUT2D eigenvalue weighted by Crippen LogP contribution is 2.26. The molecule has 0 atom stereocenters. The SMILES string of the molecule is CC(=O)c1nn(-c2ccc(OC(F)(F)F)cc2)nc1NC1CC1. The lowest BCUT2D eigenvalue weighted by Gasteiger charge is -2.08. The fourth-order valence-corrected chi connectivity index (χ4v) is 1.96. The molecule has 0 unspecified atom stereocenters. The molecule has 0 saturated heterocycles. The number of benzene rings is 1. The van der Waals surface area contributed by atoms with Crippen molar-refractivity contribution in [3.63, 3.8) is 0 Å². The van der Waals surface area contributed by atoms with E-state index in [-0.39, 0.29) is 17.2 Å². The summed E-state index contributed by atoms with van der Waals surface area (Å²) in [5.74, 6) is -0.191. The summed E-state index contributed by atoms with van der Waals surface area (Å²) in [6, 6.07) is 5.37. The van der Waals surface area contributed by atoms with Crippen LogP contribution in [-0.4, -0.2) is 33.2 Å². The fraction of sp³-hybridized carbons (Fsp3) is 0.357. The van der Waals surface area contributed by atoms with Crippen molar-refractivity contribution in [2.75, 3.05) is 5.32 Å². The van der Waals surface area contributed by atoms with Crippen molar-refractivity contribution in [3.8, 4) is 11.4 Å². The highest BCUT2D eigenvalue weighted by atomic mass is 19.4. The van der Waals surface area contributed by atoms with Crippen LogP contribution in [0.2, 0.25) is 0 Å². The molecule has 122 valence electrons. The molecule has 0 amide bonds. The zero-order chi connectivity index (χ0) is 16.6. The molecule has 0 bridgehead atoms. The second kappa shape index (κ2) is 5.56. The monoisotopic (exact) mass is 326 g/mol. The molecule has 9 heteroatoms. The van der Waals surface area contributed by atoms with Crippen molar-refractivity contribution < 1.29 is 22.7 Å². The van der Waals surface area contributed by atoms with E-state index < -0.39 is 6.36 Å². The van der Waals surface area contributed by atoms with Crippen molar-refractivity contribution >= 4 is 11.6 Å². The van der Waals surface area contributed by atoms with Crippen LogP contribution in [0.1, 0.15) is 30.3 Å². The molecular formula is C14H13F3N4O2. The van der Waals surface area contributed by atoms with Crippen LogP contribution in [0.5, 0.6) is 5.75 Å². The Bertz CT molecular complexity index is 721. The van der Waals surface area contributed by atoms with E-state index in [2.05, 4.69) is 20.3 Å². The molecule has 1 aromatic heterocycles. The number of nitrogens with one attached hydrogen (secondary N) is 1. The summed E-state index contributed by atoms with van der Waals surface area (Å²) >= 11 is 0. The number of alkyl halides is 3. The normalized spacial score (nSPS) is 14.6. The van der Waals surface area contributed by atoms with Crippen LogP contribution in [0.25, 0.3) is 5.69 Å². The Hall–Kier alpha value is -2.58. The van der Waals surface area contributed by atoms with Crippen LogP contribution in [0.15, 0.2) is 24.3 Å². The Morgan fingerprint density at radius 2 is 1.91 bits per heavy atom. The molecule has 1 heterocycles. The van der Waals surface area contributed by atoms with Crippen molar-refractivity contribution in [1.29, 1.82) is 0 Å². The molecular weight excluding hydrogens is 313 g/mol. The van der Waals surface area contributed by atoms with Gasteiger partial charge >= 0.3 is 6.36 Å². The first-order chi connectivity index (χ1) is 10.8. The fourth-order valence-electron chi connectivity index (χ4n) is 1.96. The number of ether oxygens (including phenoxy) is 1. The van der Waals surface area contributed by atoms with Crippen LogP contribution in [0.3, 0.4) is 0 Å². The predicted octanol–water partition coefficient (Wildman–Crippen LogP) is 2.94. The second-order valence-electron chi connectivity index (χ2n) is 5.20. The van der Waals surface area contributed by atoms with Gasteiger partial charge in [0.2, 0.25) is 0 Å². The molecule has 23 heavy (non-hydrogen) atoms. The lowest BCUT2D eigenvalue weighted by Crippen LogP contribution is -2.17. The number of hydrogen-bond donors (Lipinski definition) is 1. The number of halogens is 3. The number of carbonyl (C=O) groups is 1. The van der Waals surface area contributed by atoms with E-state index in [9.17, 15) is 18.0 Å². The number of hydrogen-bond acceptors (Lipinski definition) is 5. The number of aromatic nitrogens is 3. The van der Waals surface area contributed by atoms with E-state index in [1.807, 2.05) is 0 Å². The molecule has 1 N–H and O–H groups in total. The average Bonchev–Trinajstić information content (AvgIpc) is 3.15. The third kappa shape index (κ3) is 3.79. The summed E-state index contributed by atoms with van der Waals surface area (Å²) < 4.78 is 40.2. The number of rotatable bonds is 5. The third-order valence-electron chi connectivity index (χ3n) is 3.17. The van der Waals surface area contributed by atoms with Crippen molar-refractivity contribution in [2.24, 2.45) is 0 Å². The number of ketones is 1. The lowest BCUT2D eigenvalue weighted by atomic mass is 10.3. The number of nitrogens with zero attached hydrogens (tertiary/aromatic N) is 3. The Morgan fingerprint density at radius 3 is 2.43 bits per heavy atom. The van der Waals surface area contributed by atoms with E-state index in [0.29, 0.717) is 17.5 Å². The topological polar surface area (TPSA) is 69.0 Å². The Morgan fingerprint density at radius 1 is 1.26 bits per heavy atom. The van der Waals surface area contributed by atoms with Crippen LogP contribution in [-0.2, 0) is 0 Å². The van der Waals surface area contributed by atoms with Gasteiger partial charge in [-0.25, -0.2) is 0 Å². The Kier molecular flexibility index (Phi) is 3.70. The van der Waals surface area contributed by atoms with E-state index in [1.54, 1.807) is 0 Å². The molecule has 1 aliphatic carbocycles. The van der Waals surface area contributed by atoms with Crippen molar-refractivity contribution in [2.45, 2.75) is 32.2 Å². The lowest BCUT2D eigenvalue weighted by molar-refractivity contribution is -0.274. The maximum Gasteiger partial charge on any atom is 0.573 e. The zero-order valence-corrected chi connectivity index (χ0v) is 12.1. The van der Waals surface area contributed by atoms with E-state index in [0.717, 1.165) is 25.0 Å². The predicted molar refractivity (Wildman–Crippen MR) is 74.7 cm³/mol. The van der Waals surface area contributed by atoms with Crippen molar-refractivity contribution in [3.05, 3.63) is 30.0 Å². The van der Waals surface area contributed by atoms with Gasteiger partial charge in [0.1, 0.15) is 5.75 Å². The molecule has 1 aromatic carbocycles. The van der Waals surface area contributed by atoms with Gasteiger partial charge < -0.3 is 10.1 Å². The van der Waals surface area contributed by atoms with Crippen LogP contribution >= 0.6 is 0 Å². The smallest absolute Gasteiger partial charge is 0.406 e. The van der Waals surface area contributed by atoms with Gasteiger partial charge in [0.25, 0.3) is 0 Å². The zero-order valence-electron chi connectivity index (χ0n) is 12.1. The summed E-state index contributed by atoms with van der Waals surface area (Å²) in [5.41, 5.74) is 0.624. The highest BCUT2D eigenvalue weighted by Gasteiger charge is 2.31. The van der Waals surface area contributed by atoms with Gasteiger partial charge in [0, 0.05) is 13.0 Å². The standard InChI is InChI=1S/C14H13F3N4O2/c1-8(22)12-13(18-9-2-3-9)20-21(19-12)10-4-6-11(7-5-10)23-14(15,16)17/h4-7,9H,2-3H2,1H3,(H,18,20). The highest BCUT2D eigenvalue weighted by molar-refractivity contribution is 5.96. The van der Waals surface area contributed by atoms with E-state index in [4.69, 9.17) is 0 Å². The minimum atomic E-state index is -4.74. The van der Waals surface area contributed by atoms with Gasteiger partial charge in [-0.05, 0) is 37.1 Å². The summed E-state index contributed by atoms with van der Waals surface area (Å²) in [6.45, 7) is 1.38. The number of anilines is 1. The maximum absolute atomic E-state index is 12.1. The van der Waals surface area contributed by atoms with Gasteiger partial charge in [-0.2, -0.15) is 0 Å². The summed E-state index contributed by atoms with van der Waals surface area (Å²) in [6.07, 6.45) is -2.73. The molecule has 3 rings (SSSR count).